The van der Waals surface area contributed by atoms with E-state index in [0.29, 0.717) is 80.3 Å². The van der Waals surface area contributed by atoms with Crippen LogP contribution >= 0.6 is 11.3 Å². The quantitative estimate of drug-likeness (QED) is 0.0409. The molecule has 2 atom stereocenters. The molecular weight excluding hydrogens is 991 g/mol. The number of thiazole rings is 1. The van der Waals surface area contributed by atoms with Crippen LogP contribution in [0.1, 0.15) is 88.1 Å². The fourth-order valence-electron chi connectivity index (χ4n) is 9.93. The molecule has 1 aliphatic carbocycles. The normalized spacial score (nSPS) is 15.5. The van der Waals surface area contributed by atoms with E-state index in [-0.39, 0.29) is 55.4 Å². The van der Waals surface area contributed by atoms with Gasteiger partial charge < -0.3 is 41.8 Å². The van der Waals surface area contributed by atoms with Gasteiger partial charge in [-0.05, 0) is 116 Å². The molecule has 402 valence electrons. The number of hydrogen-bond donors (Lipinski definition) is 5. The molecule has 18 heteroatoms. The molecule has 77 heavy (non-hydrogen) atoms. The number of carbonyl (C=O) groups excluding carboxylic acids is 4. The van der Waals surface area contributed by atoms with Gasteiger partial charge >= 0.3 is 0 Å². The summed E-state index contributed by atoms with van der Waals surface area (Å²) in [6, 6.07) is 30.6. The van der Waals surface area contributed by atoms with Gasteiger partial charge in [-0.25, -0.2) is 19.9 Å². The zero-order valence-corrected chi connectivity index (χ0v) is 45.2. The number of imidazole rings is 1. The second kappa shape index (κ2) is 24.3. The summed E-state index contributed by atoms with van der Waals surface area (Å²) < 4.78 is 13.4. The van der Waals surface area contributed by atoms with Crippen molar-refractivity contribution in [2.24, 2.45) is 11.1 Å². The number of carbonyl (C=O) groups is 4. The van der Waals surface area contributed by atoms with Crippen LogP contribution in [0.5, 0.6) is 0 Å². The van der Waals surface area contributed by atoms with Crippen molar-refractivity contribution < 1.29 is 28.7 Å². The van der Waals surface area contributed by atoms with Crippen molar-refractivity contribution in [1.29, 1.82) is 0 Å². The molecule has 1 saturated heterocycles. The number of anilines is 1. The van der Waals surface area contributed by atoms with Crippen LogP contribution in [-0.4, -0.2) is 105 Å². The number of pyridine rings is 2. The molecule has 0 bridgehead atoms. The van der Waals surface area contributed by atoms with E-state index in [1.165, 1.54) is 0 Å². The molecule has 1 saturated carbocycles. The Bertz CT molecular complexity index is 3200. The van der Waals surface area contributed by atoms with Crippen LogP contribution in [0, 0.1) is 12.3 Å². The smallest absolute Gasteiger partial charge is 0.246 e. The summed E-state index contributed by atoms with van der Waals surface area (Å²) >= 11 is 1.59. The lowest BCUT2D eigenvalue weighted by Crippen LogP contribution is -2.57. The van der Waals surface area contributed by atoms with Gasteiger partial charge in [0.15, 0.2) is 11.5 Å². The van der Waals surface area contributed by atoms with Crippen molar-refractivity contribution in [3.8, 4) is 38.8 Å². The van der Waals surface area contributed by atoms with Crippen LogP contribution < -0.4 is 27.4 Å². The number of benzene rings is 3. The Morgan fingerprint density at radius 3 is 2.31 bits per heavy atom. The largest absolute Gasteiger partial charge is 0.383 e. The average Bonchev–Trinajstić information content (AvgIpc) is 4.20. The Morgan fingerprint density at radius 2 is 1.60 bits per heavy atom. The van der Waals surface area contributed by atoms with Crippen LogP contribution in [0.4, 0.5) is 5.82 Å². The molecule has 0 spiro atoms. The number of nitrogens with one attached hydrogen (secondary N) is 3. The lowest BCUT2D eigenvalue weighted by Gasteiger charge is -2.38. The van der Waals surface area contributed by atoms with Gasteiger partial charge in [-0.3, -0.25) is 23.7 Å². The molecule has 9 rings (SSSR count). The van der Waals surface area contributed by atoms with E-state index in [9.17, 15) is 19.2 Å². The fourth-order valence-corrected chi connectivity index (χ4v) is 10.7. The van der Waals surface area contributed by atoms with E-state index in [1.54, 1.807) is 22.4 Å². The number of nitrogen functional groups attached to an aromatic ring is 1. The van der Waals surface area contributed by atoms with E-state index < -0.39 is 17.5 Å². The molecule has 2 fully saturated rings. The Morgan fingerprint density at radius 1 is 0.818 bits per heavy atom. The summed E-state index contributed by atoms with van der Waals surface area (Å²) in [6.07, 6.45) is 6.87. The highest BCUT2D eigenvalue weighted by Gasteiger charge is 2.42. The highest BCUT2D eigenvalue weighted by molar-refractivity contribution is 7.13. The zero-order valence-electron chi connectivity index (χ0n) is 44.3. The summed E-state index contributed by atoms with van der Waals surface area (Å²) in [6.45, 7) is 9.78. The van der Waals surface area contributed by atoms with Gasteiger partial charge in [0.1, 0.15) is 23.4 Å². The molecular formula is C59H69N11O6S. The topological polar surface area (TPSA) is 235 Å². The molecule has 5 heterocycles. The Kier molecular flexibility index (Phi) is 17.2. The number of fused-ring (bicyclic) bond motifs is 1. The predicted molar refractivity (Wildman–Crippen MR) is 300 cm³/mol. The van der Waals surface area contributed by atoms with Gasteiger partial charge in [0.25, 0.3) is 0 Å². The first-order valence-electron chi connectivity index (χ1n) is 26.5. The zero-order chi connectivity index (χ0) is 54.1. The molecule has 17 nitrogen and oxygen atoms in total. The molecule has 7 N–H and O–H groups in total. The summed E-state index contributed by atoms with van der Waals surface area (Å²) in [5.41, 5.74) is 23.8. The molecule has 1 aliphatic heterocycles. The number of nitrogens with zero attached hydrogens (tertiary/aromatic N) is 6. The molecule has 0 radical (unpaired) electrons. The molecule has 4 amide bonds. The molecule has 2 aliphatic rings. The first kappa shape index (κ1) is 54.4. The summed E-state index contributed by atoms with van der Waals surface area (Å²) in [5.74, 6) is 0.123. The van der Waals surface area contributed by atoms with Crippen LogP contribution in [0.15, 0.2) is 109 Å². The third kappa shape index (κ3) is 13.1. The Hall–Kier alpha value is -7.38. The lowest BCUT2D eigenvalue weighted by atomic mass is 9.73. The maximum Gasteiger partial charge on any atom is 0.246 e. The number of aryl methyl sites for hydroxylation is 2. The maximum absolute atomic E-state index is 14.0. The van der Waals surface area contributed by atoms with E-state index in [2.05, 4.69) is 56.3 Å². The van der Waals surface area contributed by atoms with Crippen molar-refractivity contribution >= 4 is 51.9 Å². The van der Waals surface area contributed by atoms with Crippen LogP contribution in [0.25, 0.3) is 49.9 Å². The van der Waals surface area contributed by atoms with E-state index in [4.69, 9.17) is 30.9 Å². The highest BCUT2D eigenvalue weighted by Crippen LogP contribution is 2.40. The van der Waals surface area contributed by atoms with E-state index in [1.807, 2.05) is 105 Å². The Labute approximate surface area is 453 Å². The van der Waals surface area contributed by atoms with E-state index >= 15 is 0 Å². The molecule has 4 aromatic heterocycles. The van der Waals surface area contributed by atoms with Crippen molar-refractivity contribution in [3.05, 3.63) is 131 Å². The van der Waals surface area contributed by atoms with Crippen molar-refractivity contribution in [3.63, 3.8) is 0 Å². The van der Waals surface area contributed by atoms with Gasteiger partial charge in [0.2, 0.25) is 23.6 Å². The predicted octanol–water partition coefficient (Wildman–Crippen LogP) is 7.81. The molecule has 7 aromatic rings. The fraction of sp³-hybridized carbons (Fsp3) is 0.390. The highest BCUT2D eigenvalue weighted by atomic mass is 32.1. The number of amides is 4. The number of rotatable bonds is 22. The van der Waals surface area contributed by atoms with Gasteiger partial charge in [-0.2, -0.15) is 0 Å². The third-order valence-electron chi connectivity index (χ3n) is 14.5. The van der Waals surface area contributed by atoms with Crippen LogP contribution in [0.2, 0.25) is 0 Å². The van der Waals surface area contributed by atoms with E-state index in [0.717, 1.165) is 69.0 Å². The first-order valence-corrected chi connectivity index (χ1v) is 27.4. The molecule has 1 unspecified atom stereocenters. The van der Waals surface area contributed by atoms with Crippen molar-refractivity contribution in [1.82, 2.24) is 45.4 Å². The number of ether oxygens (including phenoxy) is 2. The van der Waals surface area contributed by atoms with Crippen molar-refractivity contribution in [2.45, 2.75) is 103 Å². The summed E-state index contributed by atoms with van der Waals surface area (Å²) in [4.78, 5) is 75.0. The van der Waals surface area contributed by atoms with Gasteiger partial charge in [0.05, 0.1) is 53.8 Å². The minimum atomic E-state index is -0.828. The van der Waals surface area contributed by atoms with Gasteiger partial charge in [-0.1, -0.05) is 75.4 Å². The second-order valence-corrected chi connectivity index (χ2v) is 21.9. The third-order valence-corrected chi connectivity index (χ3v) is 15.5. The number of hydrogen-bond acceptors (Lipinski definition) is 13. The standard InChI is InChI=1S/C59H69N11O6S/c1-38-51(77-37-65-38)41-16-13-40(14-17-41)36-64-56(73)48-12-7-30-69(48)57(74)52(58(2,3)4)68-50(72)25-31-75-33-34-76-32-29-62-49(71)24-15-39-9-5-10-42(35-39)46-22-23-47-55(66-46)70(54(67-47)45-11-6-28-63-53(45)60)44-20-18-43(19-21-44)59(61)26-8-27-59/h5-6,9-11,13-14,16-23,28,35,37,48,52H,7-8,12,15,24-27,29-34,36,61H2,1-4H3,(H2,60,63)(H,62,71)(H,64,73)(H,68,72)/t48-,52?/m0/s1. The maximum atomic E-state index is 14.0. The van der Waals surface area contributed by atoms with Gasteiger partial charge in [-0.15, -0.1) is 11.3 Å². The second-order valence-electron chi connectivity index (χ2n) is 21.1. The van der Waals surface area contributed by atoms with Crippen LogP contribution in [-0.2, 0) is 47.2 Å². The SMILES string of the molecule is Cc1ncsc1-c1ccc(CNC(=O)[C@@H]2CCCN2C(=O)C(NC(=O)CCOCCOCCNC(=O)CCc2cccc(-c3ccc4nc(-c5cccnc5N)n(-c5ccc(C6(N)CCC6)cc5)c4n3)c2)C(C)(C)C)cc1. The Balaban J connectivity index is 0.687. The lowest BCUT2D eigenvalue weighted by molar-refractivity contribution is -0.144. The minimum absolute atomic E-state index is 0.0520. The summed E-state index contributed by atoms with van der Waals surface area (Å²) in [5, 5.41) is 8.88. The summed E-state index contributed by atoms with van der Waals surface area (Å²) in [7, 11) is 0. The number of aromatic nitrogens is 5. The number of nitrogens with two attached hydrogens (primary N) is 2. The van der Waals surface area contributed by atoms with Crippen molar-refractivity contribution in [2.75, 3.05) is 45.3 Å². The molecule has 3 aromatic carbocycles. The van der Waals surface area contributed by atoms with Crippen LogP contribution in [0.3, 0.4) is 0 Å². The average molecular weight is 1060 g/mol. The minimum Gasteiger partial charge on any atom is -0.383 e. The number of likely N-dealkylation sites (tertiary alicyclic amines) is 1. The van der Waals surface area contributed by atoms with Gasteiger partial charge in [0, 0.05) is 55.5 Å². The first-order chi connectivity index (χ1) is 37.1. The monoisotopic (exact) mass is 1060 g/mol.